The number of benzene rings is 1. The van der Waals surface area contributed by atoms with Crippen LogP contribution in [0, 0.1) is 6.92 Å². The minimum absolute atomic E-state index is 0.0968. The molecule has 0 saturated heterocycles. The Balaban J connectivity index is 2.33. The van der Waals surface area contributed by atoms with Gasteiger partial charge in [-0.3, -0.25) is 0 Å². The van der Waals surface area contributed by atoms with Crippen LogP contribution in [0.25, 0.3) is 0 Å². The van der Waals surface area contributed by atoms with Crippen molar-refractivity contribution in [2.45, 2.75) is 25.6 Å². The van der Waals surface area contributed by atoms with Crippen LogP contribution in [-0.2, 0) is 4.74 Å². The van der Waals surface area contributed by atoms with E-state index in [-0.39, 0.29) is 19.3 Å². The van der Waals surface area contributed by atoms with Crippen molar-refractivity contribution in [1.82, 2.24) is 0 Å². The van der Waals surface area contributed by atoms with Crippen LogP contribution in [0.3, 0.4) is 0 Å². The highest BCUT2D eigenvalue weighted by atomic mass is 19.4. The second-order valence-corrected chi connectivity index (χ2v) is 3.96. The summed E-state index contributed by atoms with van der Waals surface area (Å²) in [5.41, 5.74) is 7.74. The third-order valence-electron chi connectivity index (χ3n) is 2.30. The molecule has 0 spiro atoms. The fourth-order valence-electron chi connectivity index (χ4n) is 1.40. The summed E-state index contributed by atoms with van der Waals surface area (Å²) in [5.74, 6) is 0. The molecular weight excluding hydrogens is 231 g/mol. The average Bonchev–Trinajstić information content (AvgIpc) is 2.23. The van der Waals surface area contributed by atoms with Gasteiger partial charge in [0.15, 0.2) is 0 Å². The Hall–Kier alpha value is -1.07. The lowest BCUT2D eigenvalue weighted by Gasteiger charge is -2.13. The summed E-state index contributed by atoms with van der Waals surface area (Å²) in [4.78, 5) is 0. The van der Waals surface area contributed by atoms with E-state index in [1.807, 2.05) is 31.2 Å². The van der Waals surface area contributed by atoms with Crippen LogP contribution in [0.4, 0.5) is 13.2 Å². The van der Waals surface area contributed by atoms with Crippen LogP contribution in [0.1, 0.15) is 23.6 Å². The molecule has 1 rings (SSSR count). The number of rotatable bonds is 5. The van der Waals surface area contributed by atoms with Gasteiger partial charge in [0.2, 0.25) is 0 Å². The predicted octanol–water partition coefficient (Wildman–Crippen LogP) is 2.96. The lowest BCUT2D eigenvalue weighted by atomic mass is 10.1. The van der Waals surface area contributed by atoms with E-state index in [1.165, 1.54) is 0 Å². The van der Waals surface area contributed by atoms with Gasteiger partial charge in [-0.1, -0.05) is 29.8 Å². The van der Waals surface area contributed by atoms with E-state index in [0.717, 1.165) is 11.1 Å². The van der Waals surface area contributed by atoms with Gasteiger partial charge in [-0.15, -0.1) is 0 Å². The molecule has 17 heavy (non-hydrogen) atoms. The minimum Gasteiger partial charge on any atom is -0.379 e. The molecule has 0 amide bonds. The van der Waals surface area contributed by atoms with Crippen molar-refractivity contribution in [3.63, 3.8) is 0 Å². The molecule has 1 aromatic rings. The number of nitrogens with two attached hydrogens (primary N) is 1. The van der Waals surface area contributed by atoms with Crippen LogP contribution in [0.15, 0.2) is 24.3 Å². The van der Waals surface area contributed by atoms with E-state index >= 15 is 0 Å². The summed E-state index contributed by atoms with van der Waals surface area (Å²) in [5, 5.41) is 0. The number of alkyl halides is 3. The van der Waals surface area contributed by atoms with Crippen molar-refractivity contribution in [2.24, 2.45) is 5.73 Å². The van der Waals surface area contributed by atoms with E-state index in [1.54, 1.807) is 0 Å². The van der Waals surface area contributed by atoms with Crippen molar-refractivity contribution >= 4 is 0 Å². The SMILES string of the molecule is Cc1cccc(C(N)COCCC(F)(F)F)c1. The van der Waals surface area contributed by atoms with Gasteiger partial charge in [-0.05, 0) is 12.5 Å². The number of hydrogen-bond acceptors (Lipinski definition) is 2. The zero-order valence-corrected chi connectivity index (χ0v) is 9.63. The smallest absolute Gasteiger partial charge is 0.379 e. The molecule has 0 fully saturated rings. The van der Waals surface area contributed by atoms with Gasteiger partial charge in [-0.25, -0.2) is 0 Å². The first-order chi connectivity index (χ1) is 7.88. The molecular formula is C12H16F3NO. The standard InChI is InChI=1S/C12H16F3NO/c1-9-3-2-4-10(7-9)11(16)8-17-6-5-12(13,14)15/h2-4,7,11H,5-6,8,16H2,1H3. The lowest BCUT2D eigenvalue weighted by Crippen LogP contribution is -2.19. The molecule has 1 unspecified atom stereocenters. The van der Waals surface area contributed by atoms with E-state index in [2.05, 4.69) is 0 Å². The second-order valence-electron chi connectivity index (χ2n) is 3.96. The Labute approximate surface area is 98.6 Å². The van der Waals surface area contributed by atoms with Crippen LogP contribution < -0.4 is 5.73 Å². The lowest BCUT2D eigenvalue weighted by molar-refractivity contribution is -0.145. The van der Waals surface area contributed by atoms with E-state index in [4.69, 9.17) is 10.5 Å². The van der Waals surface area contributed by atoms with Crippen LogP contribution in [0.2, 0.25) is 0 Å². The number of halogens is 3. The molecule has 1 atom stereocenters. The molecule has 0 radical (unpaired) electrons. The van der Waals surface area contributed by atoms with Crippen molar-refractivity contribution < 1.29 is 17.9 Å². The Bertz CT molecular complexity index is 352. The highest BCUT2D eigenvalue weighted by Crippen LogP contribution is 2.19. The molecule has 0 aromatic heterocycles. The molecule has 96 valence electrons. The minimum atomic E-state index is -4.17. The molecule has 0 aliphatic heterocycles. The van der Waals surface area contributed by atoms with E-state index < -0.39 is 12.6 Å². The summed E-state index contributed by atoms with van der Waals surface area (Å²) in [6, 6.07) is 7.15. The van der Waals surface area contributed by atoms with Crippen molar-refractivity contribution in [3.8, 4) is 0 Å². The van der Waals surface area contributed by atoms with Crippen molar-refractivity contribution in [2.75, 3.05) is 13.2 Å². The van der Waals surface area contributed by atoms with Gasteiger partial charge in [0.05, 0.1) is 25.7 Å². The first-order valence-corrected chi connectivity index (χ1v) is 5.35. The van der Waals surface area contributed by atoms with Gasteiger partial charge in [0.25, 0.3) is 0 Å². The summed E-state index contributed by atoms with van der Waals surface area (Å²) in [6.45, 7) is 1.68. The van der Waals surface area contributed by atoms with Gasteiger partial charge in [0.1, 0.15) is 0 Å². The molecule has 0 heterocycles. The number of hydrogen-bond donors (Lipinski definition) is 1. The molecule has 1 aromatic carbocycles. The fraction of sp³-hybridized carbons (Fsp3) is 0.500. The highest BCUT2D eigenvalue weighted by molar-refractivity contribution is 5.24. The number of ether oxygens (including phenoxy) is 1. The maximum absolute atomic E-state index is 11.8. The maximum atomic E-state index is 11.8. The highest BCUT2D eigenvalue weighted by Gasteiger charge is 2.26. The molecule has 2 N–H and O–H groups in total. The summed E-state index contributed by atoms with van der Waals surface area (Å²) in [7, 11) is 0. The molecule has 0 bridgehead atoms. The zero-order chi connectivity index (χ0) is 12.9. The second kappa shape index (κ2) is 6.02. The maximum Gasteiger partial charge on any atom is 0.391 e. The first kappa shape index (κ1) is 14.0. The van der Waals surface area contributed by atoms with E-state index in [0.29, 0.717) is 0 Å². The third kappa shape index (κ3) is 5.70. The topological polar surface area (TPSA) is 35.2 Å². The van der Waals surface area contributed by atoms with Crippen molar-refractivity contribution in [1.29, 1.82) is 0 Å². The first-order valence-electron chi connectivity index (χ1n) is 5.35. The van der Waals surface area contributed by atoms with E-state index in [9.17, 15) is 13.2 Å². The Morgan fingerprint density at radius 1 is 1.35 bits per heavy atom. The van der Waals surface area contributed by atoms with Gasteiger partial charge >= 0.3 is 6.18 Å². The molecule has 0 saturated carbocycles. The van der Waals surface area contributed by atoms with Crippen molar-refractivity contribution in [3.05, 3.63) is 35.4 Å². The Morgan fingerprint density at radius 2 is 2.06 bits per heavy atom. The van der Waals surface area contributed by atoms with Gasteiger partial charge < -0.3 is 10.5 Å². The molecule has 5 heteroatoms. The summed E-state index contributed by atoms with van der Waals surface area (Å²) < 4.78 is 40.5. The van der Waals surface area contributed by atoms with Gasteiger partial charge in [-0.2, -0.15) is 13.2 Å². The predicted molar refractivity (Wildman–Crippen MR) is 59.6 cm³/mol. The number of aryl methyl sites for hydroxylation is 1. The van der Waals surface area contributed by atoms with Gasteiger partial charge in [0, 0.05) is 0 Å². The Morgan fingerprint density at radius 3 is 2.65 bits per heavy atom. The summed E-state index contributed by atoms with van der Waals surface area (Å²) >= 11 is 0. The van der Waals surface area contributed by atoms with Crippen LogP contribution in [-0.4, -0.2) is 19.4 Å². The third-order valence-corrected chi connectivity index (χ3v) is 2.30. The average molecular weight is 247 g/mol. The van der Waals surface area contributed by atoms with Crippen LogP contribution in [0.5, 0.6) is 0 Å². The monoisotopic (exact) mass is 247 g/mol. The normalized spacial score (nSPS) is 13.7. The largest absolute Gasteiger partial charge is 0.391 e. The Kier molecular flexibility index (Phi) is 4.96. The summed E-state index contributed by atoms with van der Waals surface area (Å²) in [6.07, 6.45) is -5.11. The molecule has 0 aliphatic rings. The molecule has 0 aliphatic carbocycles. The zero-order valence-electron chi connectivity index (χ0n) is 9.63. The molecule has 2 nitrogen and oxygen atoms in total. The fourth-order valence-corrected chi connectivity index (χ4v) is 1.40. The quantitative estimate of drug-likeness (QED) is 0.812. The van der Waals surface area contributed by atoms with Crippen LogP contribution >= 0.6 is 0 Å².